The average Bonchev–Trinajstić information content (AvgIpc) is 3.03. The Hall–Kier alpha value is -4.25. The fraction of sp³-hybridized carbons (Fsp3) is 0.375. The Bertz CT molecular complexity index is 1490. The predicted molar refractivity (Wildman–Crippen MR) is 165 cm³/mol. The Morgan fingerprint density at radius 2 is 1.60 bits per heavy atom. The zero-order valence-corrected chi connectivity index (χ0v) is 25.1. The molecule has 10 nitrogen and oxygen atoms in total. The van der Waals surface area contributed by atoms with E-state index in [0.29, 0.717) is 12.8 Å². The molecule has 0 saturated heterocycles. The van der Waals surface area contributed by atoms with Gasteiger partial charge in [-0.15, -0.1) is 0 Å². The zero-order valence-electron chi connectivity index (χ0n) is 24.3. The van der Waals surface area contributed by atoms with Crippen molar-refractivity contribution < 1.29 is 22.9 Å². The normalized spacial score (nSPS) is 14.4. The highest BCUT2D eigenvalue weighted by atomic mass is 32.2. The number of nitrogens with one attached hydrogen (secondary N) is 1. The van der Waals surface area contributed by atoms with E-state index >= 15 is 0 Å². The van der Waals surface area contributed by atoms with E-state index in [9.17, 15) is 28.1 Å². The van der Waals surface area contributed by atoms with E-state index in [-0.39, 0.29) is 34.8 Å². The molecule has 0 radical (unpaired) electrons. The Morgan fingerprint density at radius 1 is 0.953 bits per heavy atom. The summed E-state index contributed by atoms with van der Waals surface area (Å²) in [4.78, 5) is 40.0. The van der Waals surface area contributed by atoms with Crippen molar-refractivity contribution in [2.75, 3.05) is 17.4 Å². The molecule has 0 aliphatic heterocycles. The van der Waals surface area contributed by atoms with Crippen molar-refractivity contribution in [1.82, 2.24) is 10.2 Å². The van der Waals surface area contributed by atoms with Gasteiger partial charge in [-0.25, -0.2) is 8.42 Å². The van der Waals surface area contributed by atoms with E-state index in [2.05, 4.69) is 5.32 Å². The maximum absolute atomic E-state index is 14.1. The van der Waals surface area contributed by atoms with Crippen molar-refractivity contribution in [2.24, 2.45) is 0 Å². The lowest BCUT2D eigenvalue weighted by molar-refractivity contribution is -0.384. The van der Waals surface area contributed by atoms with Crippen LogP contribution in [0.3, 0.4) is 0 Å². The molecule has 1 N–H and O–H groups in total. The third-order valence-corrected chi connectivity index (χ3v) is 9.55. The lowest BCUT2D eigenvalue weighted by Gasteiger charge is -2.34. The highest BCUT2D eigenvalue weighted by Gasteiger charge is 2.34. The summed E-state index contributed by atoms with van der Waals surface area (Å²) in [5.41, 5.74) is 0.641. The maximum Gasteiger partial charge on any atom is 0.271 e. The molecule has 0 spiro atoms. The zero-order chi connectivity index (χ0) is 30.8. The first-order valence-electron chi connectivity index (χ1n) is 14.7. The molecule has 3 aromatic rings. The molecule has 1 unspecified atom stereocenters. The van der Waals surface area contributed by atoms with Crippen molar-refractivity contribution >= 4 is 33.2 Å². The van der Waals surface area contributed by atoms with Crippen molar-refractivity contribution in [3.63, 3.8) is 0 Å². The van der Waals surface area contributed by atoms with Crippen LogP contribution in [0.15, 0.2) is 89.8 Å². The predicted octanol–water partition coefficient (Wildman–Crippen LogP) is 5.09. The monoisotopic (exact) mass is 606 g/mol. The summed E-state index contributed by atoms with van der Waals surface area (Å²) in [7, 11) is -4.30. The Kier molecular flexibility index (Phi) is 10.9. The second kappa shape index (κ2) is 14.8. The summed E-state index contributed by atoms with van der Waals surface area (Å²) in [5.74, 6) is -0.837. The van der Waals surface area contributed by atoms with E-state index in [4.69, 9.17) is 0 Å². The molecular weight excluding hydrogens is 568 g/mol. The summed E-state index contributed by atoms with van der Waals surface area (Å²) in [6.07, 6.45) is 5.77. The minimum absolute atomic E-state index is 0.0193. The first-order valence-corrected chi connectivity index (χ1v) is 16.1. The summed E-state index contributed by atoms with van der Waals surface area (Å²) < 4.78 is 28.7. The third kappa shape index (κ3) is 8.19. The van der Waals surface area contributed by atoms with Gasteiger partial charge < -0.3 is 10.2 Å². The summed E-state index contributed by atoms with van der Waals surface area (Å²) >= 11 is 0. The number of hydrogen-bond acceptors (Lipinski definition) is 6. The number of benzene rings is 3. The fourth-order valence-electron chi connectivity index (χ4n) is 5.45. The second-order valence-corrected chi connectivity index (χ2v) is 12.6. The molecule has 3 aromatic carbocycles. The number of hydrogen-bond donors (Lipinski definition) is 1. The van der Waals surface area contributed by atoms with Gasteiger partial charge in [0.05, 0.1) is 15.5 Å². The van der Waals surface area contributed by atoms with Gasteiger partial charge in [0.15, 0.2) is 0 Å². The molecule has 43 heavy (non-hydrogen) atoms. The Balaban J connectivity index is 1.69. The van der Waals surface area contributed by atoms with Crippen LogP contribution in [0.2, 0.25) is 0 Å². The molecule has 228 valence electrons. The number of amides is 2. The Labute approximate surface area is 252 Å². The lowest BCUT2D eigenvalue weighted by Crippen LogP contribution is -2.54. The molecule has 11 heteroatoms. The number of nitro benzene ring substituents is 1. The SMILES string of the molecule is CCC(C(=O)NC1CCCCC1)N(CCc1ccccc1)C(=O)CN(c1cccc([N+](=O)[O-])c1)S(=O)(=O)c1ccccc1. The van der Waals surface area contributed by atoms with Gasteiger partial charge in [-0.3, -0.25) is 24.0 Å². The first kappa shape index (κ1) is 31.7. The van der Waals surface area contributed by atoms with Gasteiger partial charge in [0.1, 0.15) is 12.6 Å². The molecule has 1 saturated carbocycles. The number of rotatable bonds is 13. The van der Waals surface area contributed by atoms with Crippen molar-refractivity contribution in [3.05, 3.63) is 101 Å². The smallest absolute Gasteiger partial charge is 0.271 e. The number of carbonyl (C=O) groups is 2. The Morgan fingerprint density at radius 3 is 2.23 bits per heavy atom. The van der Waals surface area contributed by atoms with E-state index in [1.165, 1.54) is 35.2 Å². The molecular formula is C32H38N4O6S. The van der Waals surface area contributed by atoms with Gasteiger partial charge >= 0.3 is 0 Å². The average molecular weight is 607 g/mol. The highest BCUT2D eigenvalue weighted by Crippen LogP contribution is 2.28. The van der Waals surface area contributed by atoms with Crippen LogP contribution in [0.1, 0.15) is 51.0 Å². The standard InChI is InChI=1S/C32H38N4O6S/c1-2-30(32(38)33-26-15-8-4-9-16-26)34(22-21-25-13-6-3-7-14-25)31(37)24-35(27-17-12-18-28(23-27)36(39)40)43(41,42)29-19-10-5-11-20-29/h3,5-7,10-14,17-20,23,26,30H,2,4,8-9,15-16,21-22,24H2,1H3,(H,33,38). The number of carbonyl (C=O) groups excluding carboxylic acids is 2. The van der Waals surface area contributed by atoms with Gasteiger partial charge in [-0.1, -0.05) is 80.8 Å². The molecule has 4 rings (SSSR count). The summed E-state index contributed by atoms with van der Waals surface area (Å²) in [6.45, 7) is 1.38. The second-order valence-electron chi connectivity index (χ2n) is 10.7. The molecule has 1 fully saturated rings. The van der Waals surface area contributed by atoms with Gasteiger partial charge in [0.25, 0.3) is 15.7 Å². The maximum atomic E-state index is 14.1. The molecule has 0 bridgehead atoms. The summed E-state index contributed by atoms with van der Waals surface area (Å²) in [6, 6.07) is 21.6. The van der Waals surface area contributed by atoms with Gasteiger partial charge in [0.2, 0.25) is 11.8 Å². The van der Waals surface area contributed by atoms with Crippen molar-refractivity contribution in [2.45, 2.75) is 68.8 Å². The van der Waals surface area contributed by atoms with Crippen molar-refractivity contribution in [3.8, 4) is 0 Å². The molecule has 1 aliphatic carbocycles. The van der Waals surface area contributed by atoms with Crippen LogP contribution in [-0.4, -0.2) is 55.2 Å². The first-order chi connectivity index (χ1) is 20.7. The molecule has 0 heterocycles. The van der Waals surface area contributed by atoms with Crippen LogP contribution in [-0.2, 0) is 26.0 Å². The van der Waals surface area contributed by atoms with E-state index in [0.717, 1.165) is 48.0 Å². The van der Waals surface area contributed by atoms with Crippen LogP contribution >= 0.6 is 0 Å². The molecule has 1 atom stereocenters. The minimum atomic E-state index is -4.30. The largest absolute Gasteiger partial charge is 0.352 e. The van der Waals surface area contributed by atoms with E-state index < -0.39 is 33.4 Å². The molecule has 2 amide bonds. The molecule has 0 aromatic heterocycles. The topological polar surface area (TPSA) is 130 Å². The highest BCUT2D eigenvalue weighted by molar-refractivity contribution is 7.92. The van der Waals surface area contributed by atoms with Crippen molar-refractivity contribution in [1.29, 1.82) is 0 Å². The fourth-order valence-corrected chi connectivity index (χ4v) is 6.88. The number of nitro groups is 1. The number of non-ortho nitro benzene ring substituents is 1. The van der Waals surface area contributed by atoms with Crippen LogP contribution in [0.5, 0.6) is 0 Å². The van der Waals surface area contributed by atoms with Crippen LogP contribution in [0, 0.1) is 10.1 Å². The quantitative estimate of drug-likeness (QED) is 0.213. The summed E-state index contributed by atoms with van der Waals surface area (Å²) in [5, 5.41) is 14.7. The number of sulfonamides is 1. The van der Waals surface area contributed by atoms with Crippen LogP contribution in [0.25, 0.3) is 0 Å². The lowest BCUT2D eigenvalue weighted by atomic mass is 9.95. The molecule has 1 aliphatic rings. The number of nitrogens with zero attached hydrogens (tertiary/aromatic N) is 3. The minimum Gasteiger partial charge on any atom is -0.352 e. The van der Waals surface area contributed by atoms with Crippen LogP contribution < -0.4 is 9.62 Å². The van der Waals surface area contributed by atoms with Gasteiger partial charge in [-0.2, -0.15) is 0 Å². The van der Waals surface area contributed by atoms with Gasteiger partial charge in [0, 0.05) is 24.7 Å². The van der Waals surface area contributed by atoms with Crippen LogP contribution in [0.4, 0.5) is 11.4 Å². The van der Waals surface area contributed by atoms with E-state index in [1.54, 1.807) is 18.2 Å². The third-order valence-electron chi connectivity index (χ3n) is 7.76. The van der Waals surface area contributed by atoms with E-state index in [1.807, 2.05) is 37.3 Å². The van der Waals surface area contributed by atoms with Gasteiger partial charge in [-0.05, 0) is 49.4 Å². The number of anilines is 1.